The fourth-order valence-electron chi connectivity index (χ4n) is 1.62. The summed E-state index contributed by atoms with van der Waals surface area (Å²) in [6, 6.07) is 7.88. The van der Waals surface area contributed by atoms with Gasteiger partial charge in [0.25, 0.3) is 0 Å². The van der Waals surface area contributed by atoms with Gasteiger partial charge in [-0.15, -0.1) is 11.3 Å². The van der Waals surface area contributed by atoms with E-state index in [0.717, 1.165) is 28.8 Å². The van der Waals surface area contributed by atoms with Crippen LogP contribution >= 0.6 is 34.5 Å². The highest BCUT2D eigenvalue weighted by molar-refractivity contribution is 7.20. The molecule has 1 nitrogen and oxygen atoms in total. The molecule has 0 fully saturated rings. The Bertz CT molecular complexity index is 520. The van der Waals surface area contributed by atoms with Crippen LogP contribution in [0.2, 0.25) is 8.67 Å². The standard InChI is InChI=1S/C12H11Cl2NS/c1-2-7-3-4-8(5-10(7)15)9-6-11(13)16-12(9)14/h3-6H,2,15H2,1H3. The number of halogens is 2. The Labute approximate surface area is 109 Å². The van der Waals surface area contributed by atoms with Gasteiger partial charge in [0.1, 0.15) is 4.34 Å². The average molecular weight is 272 g/mol. The van der Waals surface area contributed by atoms with Crippen molar-refractivity contribution in [1.29, 1.82) is 0 Å². The number of hydrogen-bond donors (Lipinski definition) is 1. The molecule has 2 aromatic rings. The smallest absolute Gasteiger partial charge is 0.102 e. The molecule has 0 amide bonds. The zero-order valence-electron chi connectivity index (χ0n) is 8.76. The van der Waals surface area contributed by atoms with Crippen LogP contribution in [0, 0.1) is 0 Å². The summed E-state index contributed by atoms with van der Waals surface area (Å²) in [5, 5.41) is 0. The third kappa shape index (κ3) is 2.19. The molecule has 0 aliphatic rings. The van der Waals surface area contributed by atoms with Gasteiger partial charge < -0.3 is 5.73 Å². The Balaban J connectivity index is 2.49. The lowest BCUT2D eigenvalue weighted by Crippen LogP contribution is -1.92. The Hall–Kier alpha value is -0.700. The monoisotopic (exact) mass is 271 g/mol. The topological polar surface area (TPSA) is 26.0 Å². The van der Waals surface area contributed by atoms with Gasteiger partial charge in [-0.1, -0.05) is 42.3 Å². The minimum Gasteiger partial charge on any atom is -0.398 e. The molecule has 16 heavy (non-hydrogen) atoms. The van der Waals surface area contributed by atoms with Gasteiger partial charge in [0.2, 0.25) is 0 Å². The second-order valence-electron chi connectivity index (χ2n) is 3.51. The lowest BCUT2D eigenvalue weighted by Gasteiger charge is -2.05. The third-order valence-corrected chi connectivity index (χ3v) is 3.98. The fraction of sp³-hybridized carbons (Fsp3) is 0.167. The normalized spacial score (nSPS) is 10.7. The summed E-state index contributed by atoms with van der Waals surface area (Å²) < 4.78 is 1.40. The molecule has 0 aliphatic heterocycles. The van der Waals surface area contributed by atoms with Crippen LogP contribution in [-0.2, 0) is 6.42 Å². The van der Waals surface area contributed by atoms with Crippen molar-refractivity contribution in [1.82, 2.24) is 0 Å². The van der Waals surface area contributed by atoms with Crippen LogP contribution in [0.25, 0.3) is 11.1 Å². The second kappa shape index (κ2) is 4.66. The number of aryl methyl sites for hydroxylation is 1. The SMILES string of the molecule is CCc1ccc(-c2cc(Cl)sc2Cl)cc1N. The van der Waals surface area contributed by atoms with E-state index in [9.17, 15) is 0 Å². The molecule has 0 aliphatic carbocycles. The molecular weight excluding hydrogens is 261 g/mol. The van der Waals surface area contributed by atoms with E-state index in [1.54, 1.807) is 0 Å². The highest BCUT2D eigenvalue weighted by Gasteiger charge is 2.09. The molecule has 1 aromatic carbocycles. The van der Waals surface area contributed by atoms with Crippen molar-refractivity contribution in [2.45, 2.75) is 13.3 Å². The summed E-state index contributed by atoms with van der Waals surface area (Å²) in [5.74, 6) is 0. The Morgan fingerprint density at radius 1 is 1.25 bits per heavy atom. The number of nitrogen functional groups attached to an aromatic ring is 1. The number of hydrogen-bond acceptors (Lipinski definition) is 2. The van der Waals surface area contributed by atoms with E-state index in [1.807, 2.05) is 24.3 Å². The van der Waals surface area contributed by atoms with Crippen LogP contribution in [-0.4, -0.2) is 0 Å². The van der Waals surface area contributed by atoms with Crippen molar-refractivity contribution in [3.63, 3.8) is 0 Å². The van der Waals surface area contributed by atoms with Crippen LogP contribution in [0.15, 0.2) is 24.3 Å². The van der Waals surface area contributed by atoms with Crippen LogP contribution in [0.5, 0.6) is 0 Å². The van der Waals surface area contributed by atoms with Crippen LogP contribution in [0.4, 0.5) is 5.69 Å². The fourth-order valence-corrected chi connectivity index (χ4v) is 3.13. The molecule has 0 bridgehead atoms. The molecule has 0 radical (unpaired) electrons. The number of thiophene rings is 1. The van der Waals surface area contributed by atoms with Crippen molar-refractivity contribution in [2.75, 3.05) is 5.73 Å². The molecule has 0 spiro atoms. The maximum Gasteiger partial charge on any atom is 0.102 e. The number of benzene rings is 1. The summed E-state index contributed by atoms with van der Waals surface area (Å²) >= 11 is 13.4. The predicted molar refractivity (Wildman–Crippen MR) is 73.6 cm³/mol. The van der Waals surface area contributed by atoms with E-state index in [1.165, 1.54) is 11.3 Å². The first-order chi connectivity index (χ1) is 7.61. The molecule has 0 saturated carbocycles. The predicted octanol–water partition coefficient (Wildman–Crippen LogP) is 4.87. The van der Waals surface area contributed by atoms with Gasteiger partial charge in [0, 0.05) is 11.3 Å². The molecule has 1 aromatic heterocycles. The molecule has 1 heterocycles. The Morgan fingerprint density at radius 2 is 2.00 bits per heavy atom. The molecule has 0 unspecified atom stereocenters. The first kappa shape index (κ1) is 11.8. The molecule has 4 heteroatoms. The maximum atomic E-state index is 6.10. The van der Waals surface area contributed by atoms with Crippen molar-refractivity contribution >= 4 is 40.2 Å². The van der Waals surface area contributed by atoms with Crippen molar-refractivity contribution in [2.24, 2.45) is 0 Å². The van der Waals surface area contributed by atoms with Crippen LogP contribution < -0.4 is 5.73 Å². The Morgan fingerprint density at radius 3 is 2.50 bits per heavy atom. The van der Waals surface area contributed by atoms with Gasteiger partial charge in [-0.05, 0) is 29.7 Å². The number of rotatable bonds is 2. The average Bonchev–Trinajstić information content (AvgIpc) is 2.58. The van der Waals surface area contributed by atoms with Gasteiger partial charge in [-0.25, -0.2) is 0 Å². The minimum absolute atomic E-state index is 0.693. The van der Waals surface area contributed by atoms with Gasteiger partial charge >= 0.3 is 0 Å². The Kier molecular flexibility index (Phi) is 3.43. The summed E-state index contributed by atoms with van der Waals surface area (Å²) in [4.78, 5) is 0. The molecule has 2 N–H and O–H groups in total. The number of anilines is 1. The van der Waals surface area contributed by atoms with E-state index >= 15 is 0 Å². The highest BCUT2D eigenvalue weighted by atomic mass is 35.5. The van der Waals surface area contributed by atoms with Crippen molar-refractivity contribution in [3.05, 3.63) is 38.5 Å². The quantitative estimate of drug-likeness (QED) is 0.776. The molecule has 0 saturated heterocycles. The van der Waals surface area contributed by atoms with Crippen LogP contribution in [0.3, 0.4) is 0 Å². The first-order valence-corrected chi connectivity index (χ1v) is 6.52. The van der Waals surface area contributed by atoms with E-state index in [-0.39, 0.29) is 0 Å². The number of nitrogens with two attached hydrogens (primary N) is 1. The lowest BCUT2D eigenvalue weighted by molar-refractivity contribution is 1.15. The first-order valence-electron chi connectivity index (χ1n) is 4.95. The minimum atomic E-state index is 0.693. The van der Waals surface area contributed by atoms with Gasteiger partial charge in [0.05, 0.1) is 4.34 Å². The molecule has 2 rings (SSSR count). The van der Waals surface area contributed by atoms with Crippen molar-refractivity contribution in [3.8, 4) is 11.1 Å². The van der Waals surface area contributed by atoms with E-state index < -0.39 is 0 Å². The van der Waals surface area contributed by atoms with E-state index in [4.69, 9.17) is 28.9 Å². The summed E-state index contributed by atoms with van der Waals surface area (Å²) in [7, 11) is 0. The molecular formula is C12H11Cl2NS. The molecule has 0 atom stereocenters. The summed E-state index contributed by atoms with van der Waals surface area (Å²) in [5.41, 5.74) is 9.88. The maximum absolute atomic E-state index is 6.10. The van der Waals surface area contributed by atoms with Crippen molar-refractivity contribution < 1.29 is 0 Å². The van der Waals surface area contributed by atoms with E-state index in [0.29, 0.717) is 8.67 Å². The third-order valence-electron chi connectivity index (χ3n) is 2.49. The van der Waals surface area contributed by atoms with E-state index in [2.05, 4.69) is 6.92 Å². The van der Waals surface area contributed by atoms with Crippen LogP contribution in [0.1, 0.15) is 12.5 Å². The van der Waals surface area contributed by atoms with Gasteiger partial charge in [-0.2, -0.15) is 0 Å². The second-order valence-corrected chi connectivity index (χ2v) is 5.79. The summed E-state index contributed by atoms with van der Waals surface area (Å²) in [6.45, 7) is 2.08. The zero-order valence-corrected chi connectivity index (χ0v) is 11.1. The largest absolute Gasteiger partial charge is 0.398 e. The lowest BCUT2D eigenvalue weighted by atomic mass is 10.0. The highest BCUT2D eigenvalue weighted by Crippen LogP contribution is 2.38. The van der Waals surface area contributed by atoms with Gasteiger partial charge in [-0.3, -0.25) is 0 Å². The summed E-state index contributed by atoms with van der Waals surface area (Å²) in [6.07, 6.45) is 0.935. The molecule has 84 valence electrons. The van der Waals surface area contributed by atoms with Gasteiger partial charge in [0.15, 0.2) is 0 Å². The zero-order chi connectivity index (χ0) is 11.7.